The first-order valence-electron chi connectivity index (χ1n) is 10.0. The summed E-state index contributed by atoms with van der Waals surface area (Å²) in [5, 5.41) is 11.6. The Balaban J connectivity index is 1.59. The molecule has 0 bridgehead atoms. The van der Waals surface area contributed by atoms with E-state index in [0.717, 1.165) is 15.7 Å². The summed E-state index contributed by atoms with van der Waals surface area (Å²) < 4.78 is 27.3. The summed E-state index contributed by atoms with van der Waals surface area (Å²) in [6.45, 7) is 0.0534. The Morgan fingerprint density at radius 1 is 0.781 bits per heavy atom. The molecule has 5 nitrogen and oxygen atoms in total. The summed E-state index contributed by atoms with van der Waals surface area (Å²) in [6, 6.07) is 34.1. The van der Waals surface area contributed by atoms with Crippen LogP contribution in [0.4, 0.5) is 0 Å². The molecule has 0 amide bonds. The van der Waals surface area contributed by atoms with E-state index in [2.05, 4.69) is 6.07 Å². The van der Waals surface area contributed by atoms with Crippen LogP contribution in [0, 0.1) is 11.3 Å². The van der Waals surface area contributed by atoms with Crippen LogP contribution in [-0.2, 0) is 4.57 Å². The number of nitrogens with zero attached hydrogens (tertiary/aromatic N) is 2. The molecule has 0 spiro atoms. The largest absolute Gasteiger partial charge is 0.445 e. The highest BCUT2D eigenvalue weighted by Gasteiger charge is 2.32. The van der Waals surface area contributed by atoms with Gasteiger partial charge in [-0.15, -0.1) is 0 Å². The Bertz CT molecular complexity index is 1220. The van der Waals surface area contributed by atoms with Crippen molar-refractivity contribution in [1.82, 2.24) is 4.31 Å². The molecule has 0 saturated carbocycles. The van der Waals surface area contributed by atoms with E-state index in [1.54, 1.807) is 52.8 Å². The van der Waals surface area contributed by atoms with Gasteiger partial charge in [0.2, 0.25) is 0 Å². The van der Waals surface area contributed by atoms with Gasteiger partial charge in [0.05, 0.1) is 12.6 Å². The predicted molar refractivity (Wildman–Crippen MR) is 129 cm³/mol. The van der Waals surface area contributed by atoms with Crippen molar-refractivity contribution in [2.45, 2.75) is 4.90 Å². The van der Waals surface area contributed by atoms with Gasteiger partial charge in [-0.25, -0.2) is 8.87 Å². The van der Waals surface area contributed by atoms with E-state index in [0.29, 0.717) is 11.5 Å². The van der Waals surface area contributed by atoms with E-state index >= 15 is 0 Å². The number of benzene rings is 4. The minimum atomic E-state index is -3.68. The summed E-state index contributed by atoms with van der Waals surface area (Å²) >= 11 is 1.35. The minimum Gasteiger partial charge on any atom is -0.415 e. The van der Waals surface area contributed by atoms with Crippen molar-refractivity contribution >= 4 is 30.3 Å². The van der Waals surface area contributed by atoms with Gasteiger partial charge in [0.25, 0.3) is 0 Å². The van der Waals surface area contributed by atoms with Crippen LogP contribution < -0.4 is 9.05 Å². The molecule has 4 aromatic carbocycles. The van der Waals surface area contributed by atoms with Gasteiger partial charge < -0.3 is 9.05 Å². The van der Waals surface area contributed by atoms with Crippen molar-refractivity contribution in [3.8, 4) is 17.6 Å². The second-order valence-electron chi connectivity index (χ2n) is 6.96. The first kappa shape index (κ1) is 22.0. The Labute approximate surface area is 191 Å². The van der Waals surface area contributed by atoms with Gasteiger partial charge in [0.1, 0.15) is 17.8 Å². The average Bonchev–Trinajstić information content (AvgIpc) is 2.80. The van der Waals surface area contributed by atoms with Crippen LogP contribution >= 0.6 is 19.5 Å². The highest BCUT2D eigenvalue weighted by molar-refractivity contribution is 7.97. The summed E-state index contributed by atoms with van der Waals surface area (Å²) in [6.07, 6.45) is -0.0676. The summed E-state index contributed by atoms with van der Waals surface area (Å²) in [7, 11) is -3.68. The van der Waals surface area contributed by atoms with Gasteiger partial charge in [0.15, 0.2) is 0 Å². The van der Waals surface area contributed by atoms with Crippen molar-refractivity contribution in [1.29, 1.82) is 5.26 Å². The van der Waals surface area contributed by atoms with Crippen molar-refractivity contribution in [3.63, 3.8) is 0 Å². The van der Waals surface area contributed by atoms with Gasteiger partial charge in [0, 0.05) is 4.90 Å². The number of nitriles is 1. The van der Waals surface area contributed by atoms with E-state index in [9.17, 15) is 9.83 Å². The van der Waals surface area contributed by atoms with Crippen LogP contribution in [0.5, 0.6) is 11.5 Å². The molecule has 32 heavy (non-hydrogen) atoms. The monoisotopic (exact) mass is 460 g/mol. The van der Waals surface area contributed by atoms with E-state index in [4.69, 9.17) is 9.05 Å². The summed E-state index contributed by atoms with van der Waals surface area (Å²) in [4.78, 5) is 0.935. The van der Waals surface area contributed by atoms with Gasteiger partial charge in [-0.2, -0.15) is 5.26 Å². The molecule has 7 heteroatoms. The normalized spacial score (nSPS) is 11.2. The first-order valence-corrected chi connectivity index (χ1v) is 12.5. The van der Waals surface area contributed by atoms with Crippen LogP contribution in [0.15, 0.2) is 108 Å². The first-order chi connectivity index (χ1) is 15.6. The van der Waals surface area contributed by atoms with Crippen LogP contribution in [0.2, 0.25) is 0 Å². The van der Waals surface area contributed by atoms with Gasteiger partial charge in [-0.1, -0.05) is 66.7 Å². The highest BCUT2D eigenvalue weighted by Crippen LogP contribution is 2.50. The average molecular weight is 460 g/mol. The lowest BCUT2D eigenvalue weighted by molar-refractivity contribution is 0.369. The quantitative estimate of drug-likeness (QED) is 0.153. The van der Waals surface area contributed by atoms with Crippen LogP contribution in [0.1, 0.15) is 0 Å². The van der Waals surface area contributed by atoms with Crippen LogP contribution in [0.25, 0.3) is 10.8 Å². The zero-order valence-electron chi connectivity index (χ0n) is 17.2. The van der Waals surface area contributed by atoms with Crippen LogP contribution in [0.3, 0.4) is 0 Å². The lowest BCUT2D eigenvalue weighted by Crippen LogP contribution is -2.21. The molecule has 4 rings (SSSR count). The molecule has 0 heterocycles. The third kappa shape index (κ3) is 5.93. The molecular weight excluding hydrogens is 439 g/mol. The van der Waals surface area contributed by atoms with Crippen LogP contribution in [-0.4, -0.2) is 17.1 Å². The SMILES string of the molecule is N#CCN(CP(=O)(Oc1ccccc1)Oc1ccccc1)Sc1ccc2ccccc2c1. The molecule has 0 atom stereocenters. The lowest BCUT2D eigenvalue weighted by atomic mass is 10.1. The summed E-state index contributed by atoms with van der Waals surface area (Å²) in [5.74, 6) is 0.888. The van der Waals surface area contributed by atoms with E-state index in [1.807, 2.05) is 54.6 Å². The van der Waals surface area contributed by atoms with E-state index < -0.39 is 7.60 Å². The molecule has 0 radical (unpaired) electrons. The zero-order chi connectivity index (χ0) is 22.2. The number of hydrogen-bond acceptors (Lipinski definition) is 6. The number of para-hydroxylation sites is 2. The summed E-state index contributed by atoms with van der Waals surface area (Å²) in [5.41, 5.74) is 0. The predicted octanol–water partition coefficient (Wildman–Crippen LogP) is 6.98. The zero-order valence-corrected chi connectivity index (χ0v) is 18.9. The molecule has 0 fully saturated rings. The molecule has 160 valence electrons. The fraction of sp³-hybridized carbons (Fsp3) is 0.0800. The molecule has 0 unspecified atom stereocenters. The molecule has 4 aromatic rings. The fourth-order valence-corrected chi connectivity index (χ4v) is 6.03. The van der Waals surface area contributed by atoms with Crippen molar-refractivity contribution in [2.75, 3.05) is 12.8 Å². The number of rotatable bonds is 9. The van der Waals surface area contributed by atoms with Gasteiger partial charge >= 0.3 is 7.60 Å². The molecule has 0 N–H and O–H groups in total. The maximum atomic E-state index is 13.8. The molecule has 0 aromatic heterocycles. The highest BCUT2D eigenvalue weighted by atomic mass is 32.2. The standard InChI is InChI=1S/C25H21N2O3PS/c26-17-18-27(32-25-16-15-21-9-7-8-10-22(21)19-25)20-31(28,29-23-11-3-1-4-12-23)30-24-13-5-2-6-14-24/h1-16,19H,18,20H2. The third-order valence-corrected chi connectivity index (χ3v) is 7.35. The number of hydrogen-bond donors (Lipinski definition) is 0. The van der Waals surface area contributed by atoms with Gasteiger partial charge in [-0.3, -0.25) is 0 Å². The smallest absolute Gasteiger partial charge is 0.415 e. The molecule has 0 aliphatic rings. The molecular formula is C25H21N2O3PS. The topological polar surface area (TPSA) is 62.6 Å². The third-order valence-electron chi connectivity index (χ3n) is 4.51. The lowest BCUT2D eigenvalue weighted by Gasteiger charge is -2.25. The Morgan fingerprint density at radius 3 is 1.94 bits per heavy atom. The maximum Gasteiger partial charge on any atom is 0.445 e. The number of fused-ring (bicyclic) bond motifs is 1. The van der Waals surface area contributed by atoms with E-state index in [1.165, 1.54) is 11.9 Å². The van der Waals surface area contributed by atoms with Crippen molar-refractivity contribution in [3.05, 3.63) is 103 Å². The maximum absolute atomic E-state index is 13.8. The van der Waals surface area contributed by atoms with E-state index in [-0.39, 0.29) is 12.8 Å². The molecule has 0 saturated heterocycles. The van der Waals surface area contributed by atoms with Gasteiger partial charge in [-0.05, 0) is 59.1 Å². The fourth-order valence-electron chi connectivity index (χ4n) is 3.12. The van der Waals surface area contributed by atoms with Crippen molar-refractivity contribution < 1.29 is 13.6 Å². The Kier molecular flexibility index (Phi) is 7.14. The van der Waals surface area contributed by atoms with Crippen molar-refractivity contribution in [2.24, 2.45) is 0 Å². The minimum absolute atomic E-state index is 0.0534. The molecule has 0 aliphatic heterocycles. The Hall–Kier alpha value is -3.23. The second kappa shape index (κ2) is 10.4. The second-order valence-corrected chi connectivity index (χ2v) is 10.00. The molecule has 0 aliphatic carbocycles. The Morgan fingerprint density at radius 2 is 1.34 bits per heavy atom.